The molecular weight excluding hydrogens is 324 g/mol. The van der Waals surface area contributed by atoms with Gasteiger partial charge in [-0.1, -0.05) is 30.4 Å². The van der Waals surface area contributed by atoms with Gasteiger partial charge in [-0.15, -0.1) is 0 Å². The van der Waals surface area contributed by atoms with E-state index in [9.17, 15) is 13.2 Å². The fraction of sp³-hybridized carbons (Fsp3) is 0.500. The zero-order valence-corrected chi connectivity index (χ0v) is 14.5. The highest BCUT2D eigenvalue weighted by Crippen LogP contribution is 2.26. The molecule has 1 saturated heterocycles. The lowest BCUT2D eigenvalue weighted by molar-refractivity contribution is -0.124. The van der Waals surface area contributed by atoms with E-state index in [2.05, 4.69) is 17.5 Å². The zero-order chi connectivity index (χ0) is 17.0. The average molecular weight is 348 g/mol. The van der Waals surface area contributed by atoms with E-state index in [4.69, 9.17) is 0 Å². The van der Waals surface area contributed by atoms with E-state index >= 15 is 0 Å². The monoisotopic (exact) mass is 348 g/mol. The maximum atomic E-state index is 12.8. The summed E-state index contributed by atoms with van der Waals surface area (Å²) in [5.74, 6) is 0.293. The number of allylic oxidation sites excluding steroid dienone is 2. The molecule has 24 heavy (non-hydrogen) atoms. The fourth-order valence-electron chi connectivity index (χ4n) is 3.42. The van der Waals surface area contributed by atoms with Crippen molar-refractivity contribution < 1.29 is 13.2 Å². The van der Waals surface area contributed by atoms with Crippen molar-refractivity contribution in [3.63, 3.8) is 0 Å². The molecule has 1 N–H and O–H groups in total. The molecule has 2 atom stereocenters. The van der Waals surface area contributed by atoms with Gasteiger partial charge < -0.3 is 5.32 Å². The predicted molar refractivity (Wildman–Crippen MR) is 92.8 cm³/mol. The van der Waals surface area contributed by atoms with E-state index < -0.39 is 16.1 Å². The van der Waals surface area contributed by atoms with Crippen LogP contribution in [0.15, 0.2) is 47.4 Å². The van der Waals surface area contributed by atoms with Crippen molar-refractivity contribution in [2.75, 3.05) is 13.1 Å². The SMILES string of the molecule is O=C(NCC1CC=CCC1)C1CCCN1S(=O)(=O)c1ccccc1. The van der Waals surface area contributed by atoms with Crippen LogP contribution in [0.25, 0.3) is 0 Å². The molecule has 5 nitrogen and oxygen atoms in total. The molecule has 1 aromatic carbocycles. The Kier molecular flexibility index (Phi) is 5.36. The van der Waals surface area contributed by atoms with Crippen LogP contribution in [0.5, 0.6) is 0 Å². The summed E-state index contributed by atoms with van der Waals surface area (Å²) in [7, 11) is -3.61. The van der Waals surface area contributed by atoms with E-state index in [-0.39, 0.29) is 10.8 Å². The smallest absolute Gasteiger partial charge is 0.243 e. The first-order chi connectivity index (χ1) is 11.6. The third-order valence-electron chi connectivity index (χ3n) is 4.80. The standard InChI is InChI=1S/C18H24N2O3S/c21-18(19-14-15-8-3-1-4-9-15)17-12-7-13-20(17)24(22,23)16-10-5-2-6-11-16/h1-3,5-6,10-11,15,17H,4,7-9,12-14H2,(H,19,21). The lowest BCUT2D eigenvalue weighted by atomic mass is 9.94. The first-order valence-electron chi connectivity index (χ1n) is 8.58. The Morgan fingerprint density at radius 1 is 1.17 bits per heavy atom. The number of carbonyl (C=O) groups excluding carboxylic acids is 1. The highest BCUT2D eigenvalue weighted by Gasteiger charge is 2.39. The Morgan fingerprint density at radius 2 is 1.96 bits per heavy atom. The van der Waals surface area contributed by atoms with E-state index in [0.717, 1.165) is 25.7 Å². The largest absolute Gasteiger partial charge is 0.354 e. The van der Waals surface area contributed by atoms with Crippen LogP contribution in [0.2, 0.25) is 0 Å². The van der Waals surface area contributed by atoms with E-state index in [1.807, 2.05) is 0 Å². The summed E-state index contributed by atoms with van der Waals surface area (Å²) < 4.78 is 26.9. The number of hydrogen-bond donors (Lipinski definition) is 1. The Bertz CT molecular complexity index is 700. The van der Waals surface area contributed by atoms with Crippen molar-refractivity contribution in [3.05, 3.63) is 42.5 Å². The Morgan fingerprint density at radius 3 is 2.67 bits per heavy atom. The summed E-state index contributed by atoms with van der Waals surface area (Å²) in [5.41, 5.74) is 0. The molecule has 1 amide bonds. The van der Waals surface area contributed by atoms with Gasteiger partial charge in [-0.05, 0) is 50.2 Å². The van der Waals surface area contributed by atoms with Crippen LogP contribution in [0.1, 0.15) is 32.1 Å². The molecule has 0 bridgehead atoms. The van der Waals surface area contributed by atoms with Gasteiger partial charge in [0, 0.05) is 13.1 Å². The van der Waals surface area contributed by atoms with Gasteiger partial charge in [-0.25, -0.2) is 8.42 Å². The summed E-state index contributed by atoms with van der Waals surface area (Å²) in [4.78, 5) is 12.8. The van der Waals surface area contributed by atoms with Crippen LogP contribution < -0.4 is 5.32 Å². The molecule has 0 spiro atoms. The lowest BCUT2D eigenvalue weighted by Crippen LogP contribution is -2.46. The summed E-state index contributed by atoms with van der Waals surface area (Å²) in [6, 6.07) is 7.76. The van der Waals surface area contributed by atoms with Crippen LogP contribution in [-0.2, 0) is 14.8 Å². The molecule has 1 fully saturated rings. The van der Waals surface area contributed by atoms with Crippen molar-refractivity contribution in [2.24, 2.45) is 5.92 Å². The normalized spacial score (nSPS) is 24.8. The van der Waals surface area contributed by atoms with Gasteiger partial charge in [-0.3, -0.25) is 4.79 Å². The quantitative estimate of drug-likeness (QED) is 0.831. The number of nitrogens with zero attached hydrogens (tertiary/aromatic N) is 1. The van der Waals surface area contributed by atoms with Gasteiger partial charge in [0.15, 0.2) is 0 Å². The molecule has 1 aliphatic carbocycles. The van der Waals surface area contributed by atoms with Gasteiger partial charge >= 0.3 is 0 Å². The number of amides is 1. The number of carbonyl (C=O) groups is 1. The van der Waals surface area contributed by atoms with Gasteiger partial charge in [0.05, 0.1) is 4.90 Å². The average Bonchev–Trinajstić information content (AvgIpc) is 3.12. The maximum absolute atomic E-state index is 12.8. The third kappa shape index (κ3) is 3.70. The molecule has 3 rings (SSSR count). The lowest BCUT2D eigenvalue weighted by Gasteiger charge is -2.25. The van der Waals surface area contributed by atoms with Crippen molar-refractivity contribution in [2.45, 2.75) is 43.0 Å². The minimum Gasteiger partial charge on any atom is -0.354 e. The number of benzene rings is 1. The number of hydrogen-bond acceptors (Lipinski definition) is 3. The summed E-state index contributed by atoms with van der Waals surface area (Å²) >= 11 is 0. The predicted octanol–water partition coefficient (Wildman–Crippen LogP) is 2.31. The molecule has 2 aliphatic rings. The molecule has 1 aliphatic heterocycles. The summed E-state index contributed by atoms with van der Waals surface area (Å²) in [6.07, 6.45) is 8.74. The fourth-order valence-corrected chi connectivity index (χ4v) is 5.10. The summed E-state index contributed by atoms with van der Waals surface area (Å²) in [5, 5.41) is 2.97. The van der Waals surface area contributed by atoms with Crippen molar-refractivity contribution in [1.29, 1.82) is 0 Å². The zero-order valence-electron chi connectivity index (χ0n) is 13.7. The molecule has 0 saturated carbocycles. The summed E-state index contributed by atoms with van der Waals surface area (Å²) in [6.45, 7) is 1.03. The highest BCUT2D eigenvalue weighted by atomic mass is 32.2. The Labute approximate surface area is 143 Å². The van der Waals surface area contributed by atoms with Gasteiger partial charge in [0.25, 0.3) is 0 Å². The van der Waals surface area contributed by atoms with Gasteiger partial charge in [0.1, 0.15) is 6.04 Å². The molecule has 0 radical (unpaired) electrons. The van der Waals surface area contributed by atoms with Crippen LogP contribution >= 0.6 is 0 Å². The second-order valence-electron chi connectivity index (χ2n) is 6.48. The van der Waals surface area contributed by atoms with Crippen molar-refractivity contribution in [1.82, 2.24) is 9.62 Å². The number of rotatable bonds is 5. The van der Waals surface area contributed by atoms with Crippen molar-refractivity contribution >= 4 is 15.9 Å². The van der Waals surface area contributed by atoms with Crippen LogP contribution in [0.3, 0.4) is 0 Å². The second-order valence-corrected chi connectivity index (χ2v) is 8.37. The molecular formula is C18H24N2O3S. The molecule has 6 heteroatoms. The Hall–Kier alpha value is -1.66. The Balaban J connectivity index is 1.66. The van der Waals surface area contributed by atoms with Crippen LogP contribution in [0, 0.1) is 5.92 Å². The molecule has 1 aromatic rings. The molecule has 130 valence electrons. The molecule has 0 aromatic heterocycles. The molecule has 1 heterocycles. The van der Waals surface area contributed by atoms with E-state index in [0.29, 0.717) is 25.4 Å². The van der Waals surface area contributed by atoms with E-state index in [1.54, 1.807) is 30.3 Å². The minimum absolute atomic E-state index is 0.165. The van der Waals surface area contributed by atoms with Crippen molar-refractivity contribution in [3.8, 4) is 0 Å². The minimum atomic E-state index is -3.61. The second kappa shape index (κ2) is 7.49. The maximum Gasteiger partial charge on any atom is 0.243 e. The number of nitrogens with one attached hydrogen (secondary N) is 1. The first kappa shape index (κ1) is 17.2. The molecule has 2 unspecified atom stereocenters. The first-order valence-corrected chi connectivity index (χ1v) is 10.0. The van der Waals surface area contributed by atoms with Crippen LogP contribution in [-0.4, -0.2) is 37.8 Å². The highest BCUT2D eigenvalue weighted by molar-refractivity contribution is 7.89. The van der Waals surface area contributed by atoms with Crippen LogP contribution in [0.4, 0.5) is 0 Å². The topological polar surface area (TPSA) is 66.5 Å². The van der Waals surface area contributed by atoms with Gasteiger partial charge in [-0.2, -0.15) is 4.31 Å². The number of sulfonamides is 1. The third-order valence-corrected chi connectivity index (χ3v) is 6.72. The van der Waals surface area contributed by atoms with E-state index in [1.165, 1.54) is 4.31 Å². The van der Waals surface area contributed by atoms with Gasteiger partial charge in [0.2, 0.25) is 15.9 Å².